The predicted octanol–water partition coefficient (Wildman–Crippen LogP) is 2.12. The summed E-state index contributed by atoms with van der Waals surface area (Å²) < 4.78 is 19.8. The molecule has 0 aromatic heterocycles. The van der Waals surface area contributed by atoms with E-state index in [2.05, 4.69) is 4.99 Å². The van der Waals surface area contributed by atoms with Crippen LogP contribution in [0.2, 0.25) is 0 Å². The fourth-order valence-electron chi connectivity index (χ4n) is 2.81. The highest BCUT2D eigenvalue weighted by molar-refractivity contribution is 8.13. The maximum atomic E-state index is 14.1. The third-order valence-electron chi connectivity index (χ3n) is 3.81. The predicted molar refractivity (Wildman–Crippen MR) is 71.1 cm³/mol. The van der Waals surface area contributed by atoms with Crippen LogP contribution in [0.1, 0.15) is 12.5 Å². The minimum absolute atomic E-state index is 0.0777. The van der Waals surface area contributed by atoms with E-state index in [9.17, 15) is 4.39 Å². The summed E-state index contributed by atoms with van der Waals surface area (Å²) in [6, 6.07) is 6.78. The van der Waals surface area contributed by atoms with Gasteiger partial charge in [0.15, 0.2) is 5.17 Å². The molecule has 0 saturated carbocycles. The van der Waals surface area contributed by atoms with Gasteiger partial charge in [-0.05, 0) is 13.0 Å². The molecule has 2 heterocycles. The first-order valence-electron chi connectivity index (χ1n) is 5.98. The Morgan fingerprint density at radius 2 is 2.28 bits per heavy atom. The highest BCUT2D eigenvalue weighted by atomic mass is 32.2. The molecule has 2 aliphatic heterocycles. The summed E-state index contributed by atoms with van der Waals surface area (Å²) in [6.45, 7) is 2.42. The molecule has 96 valence electrons. The van der Waals surface area contributed by atoms with E-state index in [1.165, 1.54) is 17.8 Å². The zero-order valence-corrected chi connectivity index (χ0v) is 10.9. The van der Waals surface area contributed by atoms with Crippen molar-refractivity contribution in [1.82, 2.24) is 0 Å². The van der Waals surface area contributed by atoms with Crippen LogP contribution in [0.25, 0.3) is 0 Å². The molecule has 0 aliphatic carbocycles. The van der Waals surface area contributed by atoms with Crippen molar-refractivity contribution in [1.29, 1.82) is 0 Å². The number of ether oxygens (including phenoxy) is 1. The molecule has 0 spiro atoms. The van der Waals surface area contributed by atoms with Crippen LogP contribution in [0.3, 0.4) is 0 Å². The van der Waals surface area contributed by atoms with Gasteiger partial charge in [0, 0.05) is 17.2 Å². The molecular formula is C13H15FN2OS. The van der Waals surface area contributed by atoms with E-state index < -0.39 is 5.54 Å². The first-order chi connectivity index (χ1) is 8.63. The van der Waals surface area contributed by atoms with Crippen LogP contribution < -0.4 is 5.73 Å². The van der Waals surface area contributed by atoms with Crippen molar-refractivity contribution in [3.05, 3.63) is 35.6 Å². The Morgan fingerprint density at radius 1 is 1.50 bits per heavy atom. The van der Waals surface area contributed by atoms with Crippen molar-refractivity contribution >= 4 is 16.9 Å². The van der Waals surface area contributed by atoms with E-state index in [0.29, 0.717) is 17.3 Å². The molecule has 0 bridgehead atoms. The van der Waals surface area contributed by atoms with E-state index in [0.717, 1.165) is 5.75 Å². The number of fused-ring (bicyclic) bond motifs is 1. The molecule has 0 amide bonds. The highest BCUT2D eigenvalue weighted by Gasteiger charge is 2.52. The molecule has 3 atom stereocenters. The van der Waals surface area contributed by atoms with Crippen LogP contribution >= 0.6 is 11.8 Å². The standard InChI is InChI=1S/C13H15FN2OS/c1-8-10-6-18-12(15)16-13(10,7-17-8)9-4-2-3-5-11(9)14/h2-5,8,10H,6-7H2,1H3,(H2,15,16). The summed E-state index contributed by atoms with van der Waals surface area (Å²) in [5, 5.41) is 0.521. The molecule has 3 unspecified atom stereocenters. The number of hydrogen-bond donors (Lipinski definition) is 1. The van der Waals surface area contributed by atoms with Gasteiger partial charge in [0.1, 0.15) is 11.4 Å². The maximum absolute atomic E-state index is 14.1. The number of thioether (sulfide) groups is 1. The molecule has 2 aliphatic rings. The topological polar surface area (TPSA) is 47.6 Å². The molecule has 5 heteroatoms. The Labute approximate surface area is 110 Å². The average molecular weight is 266 g/mol. The van der Waals surface area contributed by atoms with Gasteiger partial charge in [0.05, 0.1) is 12.7 Å². The van der Waals surface area contributed by atoms with E-state index in [4.69, 9.17) is 10.5 Å². The van der Waals surface area contributed by atoms with Gasteiger partial charge in [-0.25, -0.2) is 9.38 Å². The van der Waals surface area contributed by atoms with Crippen molar-refractivity contribution in [2.24, 2.45) is 16.6 Å². The van der Waals surface area contributed by atoms with Gasteiger partial charge >= 0.3 is 0 Å². The lowest BCUT2D eigenvalue weighted by atomic mass is 9.79. The first-order valence-corrected chi connectivity index (χ1v) is 6.97. The van der Waals surface area contributed by atoms with Crippen molar-refractivity contribution in [3.8, 4) is 0 Å². The molecule has 18 heavy (non-hydrogen) atoms. The monoisotopic (exact) mass is 266 g/mol. The lowest BCUT2D eigenvalue weighted by molar-refractivity contribution is 0.107. The van der Waals surface area contributed by atoms with Crippen molar-refractivity contribution < 1.29 is 9.13 Å². The highest BCUT2D eigenvalue weighted by Crippen LogP contribution is 2.47. The van der Waals surface area contributed by atoms with Gasteiger partial charge in [0.25, 0.3) is 0 Å². The third kappa shape index (κ3) is 1.65. The summed E-state index contributed by atoms with van der Waals surface area (Å²) >= 11 is 1.52. The van der Waals surface area contributed by atoms with E-state index in [1.807, 2.05) is 13.0 Å². The number of nitrogens with zero attached hydrogens (tertiary/aromatic N) is 1. The number of halogens is 1. The zero-order chi connectivity index (χ0) is 12.8. The number of amidine groups is 1. The number of hydrogen-bond acceptors (Lipinski definition) is 4. The van der Waals surface area contributed by atoms with Gasteiger partial charge in [0.2, 0.25) is 0 Å². The summed E-state index contributed by atoms with van der Waals surface area (Å²) in [4.78, 5) is 4.55. The molecule has 1 saturated heterocycles. The van der Waals surface area contributed by atoms with Crippen molar-refractivity contribution in [3.63, 3.8) is 0 Å². The number of nitrogens with two attached hydrogens (primary N) is 1. The van der Waals surface area contributed by atoms with E-state index in [1.54, 1.807) is 12.1 Å². The zero-order valence-electron chi connectivity index (χ0n) is 10.1. The van der Waals surface area contributed by atoms with Gasteiger partial charge in [-0.15, -0.1) is 0 Å². The molecule has 2 N–H and O–H groups in total. The van der Waals surface area contributed by atoms with Gasteiger partial charge in [-0.3, -0.25) is 0 Å². The Balaban J connectivity index is 2.16. The lowest BCUT2D eigenvalue weighted by Gasteiger charge is -2.35. The van der Waals surface area contributed by atoms with Crippen LogP contribution in [-0.2, 0) is 10.3 Å². The van der Waals surface area contributed by atoms with Crippen LogP contribution in [0.4, 0.5) is 4.39 Å². The SMILES string of the molecule is CC1OCC2(c3ccccc3F)N=C(N)SCC12. The summed E-state index contributed by atoms with van der Waals surface area (Å²) in [7, 11) is 0. The molecule has 3 rings (SSSR count). The Morgan fingerprint density at radius 3 is 3.06 bits per heavy atom. The second-order valence-electron chi connectivity index (χ2n) is 4.79. The molecule has 1 aromatic rings. The van der Waals surface area contributed by atoms with Crippen LogP contribution in [0.15, 0.2) is 29.3 Å². The second-order valence-corrected chi connectivity index (χ2v) is 5.83. The fraction of sp³-hybridized carbons (Fsp3) is 0.462. The number of aliphatic imine (C=N–C) groups is 1. The Hall–Kier alpha value is -1.07. The second kappa shape index (κ2) is 4.24. The summed E-state index contributed by atoms with van der Waals surface area (Å²) in [5.74, 6) is 0.764. The van der Waals surface area contributed by atoms with Gasteiger partial charge in [-0.1, -0.05) is 30.0 Å². The first kappa shape index (κ1) is 12.0. The maximum Gasteiger partial charge on any atom is 0.154 e. The van der Waals surface area contributed by atoms with Crippen molar-refractivity contribution in [2.75, 3.05) is 12.4 Å². The molecule has 1 aromatic carbocycles. The minimum atomic E-state index is -0.639. The number of rotatable bonds is 1. The van der Waals surface area contributed by atoms with E-state index in [-0.39, 0.29) is 17.8 Å². The Bertz CT molecular complexity index is 508. The van der Waals surface area contributed by atoms with Crippen LogP contribution in [0, 0.1) is 11.7 Å². The van der Waals surface area contributed by atoms with Gasteiger partial charge < -0.3 is 10.5 Å². The molecular weight excluding hydrogens is 251 g/mol. The summed E-state index contributed by atoms with van der Waals surface area (Å²) in [5.41, 5.74) is 5.80. The lowest BCUT2D eigenvalue weighted by Crippen LogP contribution is -2.41. The fourth-order valence-corrected chi connectivity index (χ4v) is 3.94. The average Bonchev–Trinajstić information content (AvgIpc) is 2.68. The number of benzene rings is 1. The minimum Gasteiger partial charge on any atom is -0.379 e. The van der Waals surface area contributed by atoms with Gasteiger partial charge in [-0.2, -0.15) is 0 Å². The quantitative estimate of drug-likeness (QED) is 0.847. The Kier molecular flexibility index (Phi) is 2.83. The van der Waals surface area contributed by atoms with E-state index >= 15 is 0 Å². The normalized spacial score (nSPS) is 35.1. The largest absolute Gasteiger partial charge is 0.379 e. The molecule has 1 fully saturated rings. The third-order valence-corrected chi connectivity index (χ3v) is 4.72. The summed E-state index contributed by atoms with van der Waals surface area (Å²) in [6.07, 6.45) is 0.0777. The molecule has 3 nitrogen and oxygen atoms in total. The van der Waals surface area contributed by atoms with Crippen molar-refractivity contribution in [2.45, 2.75) is 18.6 Å². The smallest absolute Gasteiger partial charge is 0.154 e. The van der Waals surface area contributed by atoms with Crippen LogP contribution in [0.5, 0.6) is 0 Å². The van der Waals surface area contributed by atoms with Crippen LogP contribution in [-0.4, -0.2) is 23.6 Å². The molecule has 0 radical (unpaired) electrons.